The average molecular weight is 249 g/mol. The van der Waals surface area contributed by atoms with Crippen LogP contribution in [0.2, 0.25) is 0 Å². The van der Waals surface area contributed by atoms with Crippen molar-refractivity contribution >= 4 is 0 Å². The molecule has 0 saturated carbocycles. The lowest BCUT2D eigenvalue weighted by Gasteiger charge is -2.34. The molecule has 98 valence electrons. The van der Waals surface area contributed by atoms with Crippen LogP contribution in [0.25, 0.3) is 0 Å². The van der Waals surface area contributed by atoms with Crippen LogP contribution in [0, 0.1) is 11.3 Å². The number of quaternary nitrogens is 1. The minimum absolute atomic E-state index is 0.139. The van der Waals surface area contributed by atoms with Crippen molar-refractivity contribution in [2.75, 3.05) is 27.2 Å². The summed E-state index contributed by atoms with van der Waals surface area (Å²) in [6.45, 7) is 2.01. The van der Waals surface area contributed by atoms with Gasteiger partial charge in [-0.1, -0.05) is 6.08 Å². The van der Waals surface area contributed by atoms with Crippen LogP contribution < -0.4 is 21.6 Å². The van der Waals surface area contributed by atoms with Gasteiger partial charge in [0.15, 0.2) is 6.04 Å². The molecule has 2 saturated heterocycles. The van der Waals surface area contributed by atoms with Gasteiger partial charge in [0.05, 0.1) is 26.2 Å². The summed E-state index contributed by atoms with van der Waals surface area (Å²) in [4.78, 5) is 0. The molecule has 0 aliphatic carbocycles. The molecule has 2 fully saturated rings. The molecular formula is C12H21N6+. The van der Waals surface area contributed by atoms with Crippen LogP contribution in [0.1, 0.15) is 6.42 Å². The van der Waals surface area contributed by atoms with E-state index in [1.54, 1.807) is 0 Å². The lowest BCUT2D eigenvalue weighted by Crippen LogP contribution is -2.59. The second-order valence-electron chi connectivity index (χ2n) is 5.80. The third-order valence-corrected chi connectivity index (χ3v) is 4.29. The van der Waals surface area contributed by atoms with Crippen LogP contribution in [0.5, 0.6) is 0 Å². The molecule has 4 unspecified atom stereocenters. The van der Waals surface area contributed by atoms with Gasteiger partial charge in [-0.25, -0.2) is 15.4 Å². The molecule has 3 heterocycles. The molecule has 3 rings (SSSR count). The quantitative estimate of drug-likeness (QED) is 0.340. The highest BCUT2D eigenvalue weighted by Crippen LogP contribution is 2.29. The molecule has 0 spiro atoms. The number of rotatable bonds is 1. The van der Waals surface area contributed by atoms with Crippen LogP contribution in [0.3, 0.4) is 0 Å². The Morgan fingerprint density at radius 2 is 2.22 bits per heavy atom. The molecule has 0 aromatic heterocycles. The highest BCUT2D eigenvalue weighted by Gasteiger charge is 2.57. The summed E-state index contributed by atoms with van der Waals surface area (Å²) in [6.07, 6.45) is 3.42. The van der Waals surface area contributed by atoms with Crippen LogP contribution in [-0.4, -0.2) is 55.9 Å². The minimum Gasteiger partial charge on any atom is -0.313 e. The zero-order valence-corrected chi connectivity index (χ0v) is 10.9. The van der Waals surface area contributed by atoms with Gasteiger partial charge in [0.25, 0.3) is 0 Å². The first kappa shape index (κ1) is 12.1. The highest BCUT2D eigenvalue weighted by molar-refractivity contribution is 5.23. The molecular weight excluding hydrogens is 228 g/mol. The van der Waals surface area contributed by atoms with Gasteiger partial charge in [-0.15, -0.1) is 5.43 Å². The highest BCUT2D eigenvalue weighted by atomic mass is 15.7. The first-order chi connectivity index (χ1) is 8.63. The number of nitrogens with one attached hydrogen (secondary N) is 4. The van der Waals surface area contributed by atoms with Crippen molar-refractivity contribution < 1.29 is 4.59 Å². The predicted molar refractivity (Wildman–Crippen MR) is 67.9 cm³/mol. The Morgan fingerprint density at radius 1 is 1.39 bits per heavy atom. The smallest absolute Gasteiger partial charge is 0.164 e. The third kappa shape index (κ3) is 1.76. The van der Waals surface area contributed by atoms with E-state index in [1.165, 1.54) is 5.57 Å². The summed E-state index contributed by atoms with van der Waals surface area (Å²) in [7, 11) is 4.26. The maximum atomic E-state index is 9.22. The number of nitrogens with zero attached hydrogens (tertiary/aromatic N) is 2. The molecule has 0 radical (unpaired) electrons. The fraction of sp³-hybridized carbons (Fsp3) is 0.750. The molecule has 3 aliphatic rings. The van der Waals surface area contributed by atoms with Gasteiger partial charge >= 0.3 is 0 Å². The first-order valence-corrected chi connectivity index (χ1v) is 6.55. The van der Waals surface area contributed by atoms with Crippen LogP contribution in [-0.2, 0) is 0 Å². The van der Waals surface area contributed by atoms with Crippen molar-refractivity contribution in [2.45, 2.75) is 30.6 Å². The van der Waals surface area contributed by atoms with Crippen molar-refractivity contribution in [3.8, 4) is 6.07 Å². The van der Waals surface area contributed by atoms with E-state index in [1.807, 2.05) is 0 Å². The van der Waals surface area contributed by atoms with E-state index >= 15 is 0 Å². The summed E-state index contributed by atoms with van der Waals surface area (Å²) in [6, 6.07) is 3.02. The Bertz CT molecular complexity index is 409. The molecule has 6 heteroatoms. The van der Waals surface area contributed by atoms with Crippen molar-refractivity contribution in [3.05, 3.63) is 11.6 Å². The Labute approximate surface area is 108 Å². The number of hydrazine groups is 1. The summed E-state index contributed by atoms with van der Waals surface area (Å²) in [5, 5.41) is 12.6. The maximum absolute atomic E-state index is 9.22. The van der Waals surface area contributed by atoms with E-state index in [9.17, 15) is 5.26 Å². The molecule has 4 N–H and O–H groups in total. The van der Waals surface area contributed by atoms with Crippen molar-refractivity contribution in [1.82, 2.24) is 21.6 Å². The fourth-order valence-electron chi connectivity index (χ4n) is 3.47. The Balaban J connectivity index is 1.87. The van der Waals surface area contributed by atoms with Gasteiger partial charge < -0.3 is 5.32 Å². The standard InChI is InChI=1S/C12H21N6/c1-18(2)12-10(8-4-3-5-14-7-8)15-16-11(12)9(6-13)17-18/h4,9-12,14-17H,3,5,7H2,1-2H3/q+1. The summed E-state index contributed by atoms with van der Waals surface area (Å²) in [5.41, 5.74) is 11.5. The first-order valence-electron chi connectivity index (χ1n) is 6.55. The zero-order chi connectivity index (χ0) is 12.8. The van der Waals surface area contributed by atoms with Crippen LogP contribution >= 0.6 is 0 Å². The van der Waals surface area contributed by atoms with Gasteiger partial charge in [0.2, 0.25) is 0 Å². The van der Waals surface area contributed by atoms with Crippen molar-refractivity contribution in [1.29, 1.82) is 5.26 Å². The normalized spacial score (nSPS) is 42.2. The van der Waals surface area contributed by atoms with Crippen molar-refractivity contribution in [2.24, 2.45) is 0 Å². The topological polar surface area (TPSA) is 71.9 Å². The number of likely N-dealkylation sites (N-methyl/N-ethyl adjacent to an activating group) is 1. The third-order valence-electron chi connectivity index (χ3n) is 4.29. The Kier molecular flexibility index (Phi) is 2.88. The van der Waals surface area contributed by atoms with E-state index in [4.69, 9.17) is 0 Å². The molecule has 0 aromatic rings. The second-order valence-corrected chi connectivity index (χ2v) is 5.80. The molecule has 0 aromatic carbocycles. The maximum Gasteiger partial charge on any atom is 0.164 e. The molecule has 0 amide bonds. The van der Waals surface area contributed by atoms with Gasteiger partial charge in [-0.3, -0.25) is 0 Å². The average Bonchev–Trinajstić information content (AvgIpc) is 2.91. The van der Waals surface area contributed by atoms with Gasteiger partial charge in [-0.05, 0) is 18.5 Å². The number of hydrogen-bond acceptors (Lipinski definition) is 5. The summed E-state index contributed by atoms with van der Waals surface area (Å²) in [5.74, 6) is 0. The summed E-state index contributed by atoms with van der Waals surface area (Å²) >= 11 is 0. The van der Waals surface area contributed by atoms with Gasteiger partial charge in [-0.2, -0.15) is 5.26 Å². The molecule has 0 bridgehead atoms. The van der Waals surface area contributed by atoms with E-state index in [2.05, 4.69) is 47.8 Å². The fourth-order valence-corrected chi connectivity index (χ4v) is 3.47. The zero-order valence-electron chi connectivity index (χ0n) is 10.9. The Morgan fingerprint density at radius 3 is 2.89 bits per heavy atom. The number of hydrogen-bond donors (Lipinski definition) is 4. The van der Waals surface area contributed by atoms with Crippen LogP contribution in [0.4, 0.5) is 0 Å². The van der Waals surface area contributed by atoms with Gasteiger partial charge in [0, 0.05) is 6.54 Å². The lowest BCUT2D eigenvalue weighted by atomic mass is 9.92. The van der Waals surface area contributed by atoms with E-state index in [-0.39, 0.29) is 12.1 Å². The predicted octanol–water partition coefficient (Wildman–Crippen LogP) is -1.39. The van der Waals surface area contributed by atoms with E-state index in [0.717, 1.165) is 19.5 Å². The second kappa shape index (κ2) is 4.30. The van der Waals surface area contributed by atoms with Crippen LogP contribution in [0.15, 0.2) is 11.6 Å². The summed E-state index contributed by atoms with van der Waals surface area (Å²) < 4.78 is 0.672. The largest absolute Gasteiger partial charge is 0.313 e. The molecule has 3 aliphatic heterocycles. The van der Waals surface area contributed by atoms with E-state index < -0.39 is 0 Å². The SMILES string of the molecule is C[N+]1(C)NC(C#N)C2NNC(C3=CCCNC3)C21. The molecule has 6 nitrogen and oxygen atoms in total. The number of nitriles is 1. The monoisotopic (exact) mass is 249 g/mol. The lowest BCUT2D eigenvalue weighted by molar-refractivity contribution is -0.944. The molecule has 4 atom stereocenters. The Hall–Kier alpha value is -0.970. The number of fused-ring (bicyclic) bond motifs is 1. The van der Waals surface area contributed by atoms with Gasteiger partial charge in [0.1, 0.15) is 12.1 Å². The minimum atomic E-state index is -0.139. The van der Waals surface area contributed by atoms with E-state index in [0.29, 0.717) is 16.7 Å². The van der Waals surface area contributed by atoms with Crippen molar-refractivity contribution in [3.63, 3.8) is 0 Å². The molecule has 18 heavy (non-hydrogen) atoms.